The molecule has 1 heterocycles. The quantitative estimate of drug-likeness (QED) is 0.189. The molecule has 1 saturated heterocycles. The van der Waals surface area contributed by atoms with Gasteiger partial charge in [-0.05, 0) is 72.5 Å². The number of nitrogens with zero attached hydrogens (tertiary/aromatic N) is 1. The first-order valence-electron chi connectivity index (χ1n) is 12.8. The number of carbonyl (C=O) groups excluding carboxylic acids is 2. The second-order valence-corrected chi connectivity index (χ2v) is 10.4. The first kappa shape index (κ1) is 29.5. The second-order valence-electron chi connectivity index (χ2n) is 10.4. The fourth-order valence-electron chi connectivity index (χ4n) is 4.73. The van der Waals surface area contributed by atoms with Crippen LogP contribution in [0.25, 0.3) is 5.76 Å². The minimum atomic E-state index is -4.89. The summed E-state index contributed by atoms with van der Waals surface area (Å²) in [5.41, 5.74) is 1.12. The van der Waals surface area contributed by atoms with Gasteiger partial charge in [0.25, 0.3) is 11.7 Å². The molecule has 41 heavy (non-hydrogen) atoms. The summed E-state index contributed by atoms with van der Waals surface area (Å²) < 4.78 is 53.1. The third-order valence-electron chi connectivity index (χ3n) is 6.56. The van der Waals surface area contributed by atoms with Crippen molar-refractivity contribution in [1.29, 1.82) is 0 Å². The summed E-state index contributed by atoms with van der Waals surface area (Å²) >= 11 is 0. The topological polar surface area (TPSA) is 85.3 Å². The summed E-state index contributed by atoms with van der Waals surface area (Å²) in [7, 11) is 1.46. The van der Waals surface area contributed by atoms with Gasteiger partial charge in [0.1, 0.15) is 23.0 Å². The number of hydrogen-bond donors (Lipinski definition) is 1. The Morgan fingerprint density at radius 1 is 0.951 bits per heavy atom. The number of carbonyl (C=O) groups is 2. The number of ketones is 1. The van der Waals surface area contributed by atoms with E-state index in [0.717, 1.165) is 22.6 Å². The van der Waals surface area contributed by atoms with Gasteiger partial charge in [-0.15, -0.1) is 13.2 Å². The van der Waals surface area contributed by atoms with Crippen molar-refractivity contribution in [3.05, 3.63) is 89.0 Å². The number of hydrogen-bond acceptors (Lipinski definition) is 6. The maximum absolute atomic E-state index is 13.5. The molecule has 10 heteroatoms. The normalized spacial score (nSPS) is 17.1. The molecule has 7 nitrogen and oxygen atoms in total. The van der Waals surface area contributed by atoms with Gasteiger partial charge in [-0.1, -0.05) is 32.9 Å². The molecule has 1 atom stereocenters. The zero-order valence-corrected chi connectivity index (χ0v) is 23.2. The predicted octanol–water partition coefficient (Wildman–Crippen LogP) is 6.92. The van der Waals surface area contributed by atoms with Crippen molar-refractivity contribution in [3.8, 4) is 17.2 Å². The van der Waals surface area contributed by atoms with Crippen LogP contribution in [0.4, 0.5) is 18.9 Å². The van der Waals surface area contributed by atoms with Crippen LogP contribution in [-0.2, 0) is 15.0 Å². The molecule has 1 aliphatic rings. The summed E-state index contributed by atoms with van der Waals surface area (Å²) in [5.74, 6) is -1.72. The van der Waals surface area contributed by atoms with Gasteiger partial charge in [0, 0.05) is 16.8 Å². The van der Waals surface area contributed by atoms with E-state index in [4.69, 9.17) is 9.47 Å². The second kappa shape index (κ2) is 11.2. The average Bonchev–Trinajstić information content (AvgIpc) is 3.18. The van der Waals surface area contributed by atoms with Gasteiger partial charge in [0.15, 0.2) is 0 Å². The third kappa shape index (κ3) is 6.16. The molecular weight excluding hydrogens is 539 g/mol. The molecule has 4 rings (SSSR count). The number of rotatable bonds is 7. The number of benzene rings is 3. The zero-order chi connectivity index (χ0) is 30.1. The molecule has 0 spiro atoms. The summed E-state index contributed by atoms with van der Waals surface area (Å²) in [4.78, 5) is 28.1. The molecule has 3 aromatic rings. The summed E-state index contributed by atoms with van der Waals surface area (Å²) in [5, 5.41) is 11.6. The maximum Gasteiger partial charge on any atom is 0.573 e. The molecule has 0 aliphatic carbocycles. The lowest BCUT2D eigenvalue weighted by molar-refractivity contribution is -0.274. The number of methoxy groups -OCH3 is 1. The lowest BCUT2D eigenvalue weighted by Crippen LogP contribution is -2.29. The van der Waals surface area contributed by atoms with Crippen LogP contribution in [0.15, 0.2) is 72.3 Å². The van der Waals surface area contributed by atoms with E-state index in [9.17, 15) is 27.9 Å². The molecule has 1 aliphatic heterocycles. The predicted molar refractivity (Wildman–Crippen MR) is 147 cm³/mol. The Morgan fingerprint density at radius 3 is 2.22 bits per heavy atom. The van der Waals surface area contributed by atoms with E-state index < -0.39 is 35.6 Å². The number of amides is 1. The molecule has 3 aromatic carbocycles. The number of Topliss-reactive ketones (excluding diaryl/α,β-unsaturated/α-hetero) is 1. The summed E-state index contributed by atoms with van der Waals surface area (Å²) in [6.07, 6.45) is -4.89. The molecule has 0 saturated carbocycles. The van der Waals surface area contributed by atoms with Crippen molar-refractivity contribution in [3.63, 3.8) is 0 Å². The van der Waals surface area contributed by atoms with E-state index in [2.05, 4.69) is 4.74 Å². The van der Waals surface area contributed by atoms with Crippen molar-refractivity contribution in [2.24, 2.45) is 0 Å². The van der Waals surface area contributed by atoms with Crippen molar-refractivity contribution in [2.45, 2.75) is 45.5 Å². The number of aliphatic hydroxyl groups is 1. The van der Waals surface area contributed by atoms with Gasteiger partial charge in [0.2, 0.25) is 0 Å². The molecule has 0 radical (unpaired) electrons. The Morgan fingerprint density at radius 2 is 1.63 bits per heavy atom. The van der Waals surface area contributed by atoms with Crippen LogP contribution in [0, 0.1) is 0 Å². The molecule has 216 valence electrons. The first-order valence-corrected chi connectivity index (χ1v) is 12.8. The van der Waals surface area contributed by atoms with Gasteiger partial charge in [0.05, 0.1) is 25.3 Å². The van der Waals surface area contributed by atoms with E-state index in [1.807, 2.05) is 27.7 Å². The van der Waals surface area contributed by atoms with Gasteiger partial charge < -0.3 is 19.3 Å². The lowest BCUT2D eigenvalue weighted by Gasteiger charge is -2.26. The molecule has 0 aromatic heterocycles. The highest BCUT2D eigenvalue weighted by atomic mass is 19.4. The Balaban J connectivity index is 1.90. The highest BCUT2D eigenvalue weighted by Gasteiger charge is 2.47. The molecule has 1 fully saturated rings. The van der Waals surface area contributed by atoms with Crippen LogP contribution in [0.1, 0.15) is 50.4 Å². The van der Waals surface area contributed by atoms with E-state index in [1.54, 1.807) is 42.5 Å². The Kier molecular flexibility index (Phi) is 8.05. The van der Waals surface area contributed by atoms with Crippen molar-refractivity contribution in [1.82, 2.24) is 0 Å². The van der Waals surface area contributed by atoms with Crippen LogP contribution in [0.2, 0.25) is 0 Å². The minimum Gasteiger partial charge on any atom is -0.507 e. The minimum absolute atomic E-state index is 0.135. The largest absolute Gasteiger partial charge is 0.573 e. The van der Waals surface area contributed by atoms with Gasteiger partial charge in [-0.3, -0.25) is 14.5 Å². The molecule has 0 bridgehead atoms. The van der Waals surface area contributed by atoms with Gasteiger partial charge in [-0.25, -0.2) is 0 Å². The molecule has 1 amide bonds. The van der Waals surface area contributed by atoms with Crippen LogP contribution in [0.5, 0.6) is 17.2 Å². The highest BCUT2D eigenvalue weighted by Crippen LogP contribution is 2.44. The van der Waals surface area contributed by atoms with Crippen molar-refractivity contribution < 1.29 is 42.1 Å². The number of halogens is 3. The number of aliphatic hydroxyl groups excluding tert-OH is 1. The van der Waals surface area contributed by atoms with E-state index in [0.29, 0.717) is 29.2 Å². The van der Waals surface area contributed by atoms with Crippen molar-refractivity contribution in [2.75, 3.05) is 18.6 Å². The molecular formula is C31H30F3NO6. The van der Waals surface area contributed by atoms with Crippen LogP contribution < -0.4 is 19.1 Å². The zero-order valence-electron chi connectivity index (χ0n) is 23.2. The highest BCUT2D eigenvalue weighted by molar-refractivity contribution is 6.51. The first-order chi connectivity index (χ1) is 19.2. The SMILES string of the molecule is CCOc1ccc(/C(O)=C2/C(=O)C(=O)N(c3ccc(OC(F)(F)F)cc3)C2c2cccc(OC)c2)cc1C(C)(C)C. The fourth-order valence-corrected chi connectivity index (χ4v) is 4.73. The molecule has 1 unspecified atom stereocenters. The standard InChI is InChI=1S/C31H30F3NO6/c1-6-40-24-15-10-19(17-23(24)30(2,3)4)27(36)25-26(18-8-7-9-22(16-18)39-5)35(29(38)28(25)37)20-11-13-21(14-12-20)41-31(32,33)34/h7-17,26,36H,6H2,1-5H3/b27-25-. The third-order valence-corrected chi connectivity index (χ3v) is 6.56. The smallest absolute Gasteiger partial charge is 0.507 e. The number of anilines is 1. The van der Waals surface area contributed by atoms with Gasteiger partial charge >= 0.3 is 6.36 Å². The summed E-state index contributed by atoms with van der Waals surface area (Å²) in [6, 6.07) is 15.1. The Labute approximate surface area is 235 Å². The fraction of sp³-hybridized carbons (Fsp3) is 0.290. The maximum atomic E-state index is 13.5. The Bertz CT molecular complexity index is 1490. The monoisotopic (exact) mass is 569 g/mol. The number of ether oxygens (including phenoxy) is 3. The number of alkyl halides is 3. The summed E-state index contributed by atoms with van der Waals surface area (Å²) in [6.45, 7) is 8.24. The van der Waals surface area contributed by atoms with Crippen LogP contribution in [-0.4, -0.2) is 36.9 Å². The lowest BCUT2D eigenvalue weighted by atomic mass is 9.84. The van der Waals surface area contributed by atoms with E-state index >= 15 is 0 Å². The van der Waals surface area contributed by atoms with Gasteiger partial charge in [-0.2, -0.15) is 0 Å². The van der Waals surface area contributed by atoms with E-state index in [1.165, 1.54) is 19.2 Å². The average molecular weight is 570 g/mol. The molecule has 1 N–H and O–H groups in total. The van der Waals surface area contributed by atoms with Crippen LogP contribution >= 0.6 is 0 Å². The van der Waals surface area contributed by atoms with E-state index in [-0.39, 0.29) is 16.7 Å². The Hall–Kier alpha value is -4.47. The van der Waals surface area contributed by atoms with Crippen molar-refractivity contribution >= 4 is 23.1 Å². The van der Waals surface area contributed by atoms with Crippen LogP contribution in [0.3, 0.4) is 0 Å².